The Morgan fingerprint density at radius 3 is 2.36 bits per heavy atom. The van der Waals surface area contributed by atoms with E-state index < -0.39 is 22.0 Å². The highest BCUT2D eigenvalue weighted by Crippen LogP contribution is 2.30. The van der Waals surface area contributed by atoms with Crippen LogP contribution in [0.5, 0.6) is 0 Å². The molecule has 0 spiro atoms. The summed E-state index contributed by atoms with van der Waals surface area (Å²) >= 11 is 12.4. The van der Waals surface area contributed by atoms with Crippen LogP contribution in [-0.4, -0.2) is 29.0 Å². The molecular weight excluding hydrogens is 375 g/mol. The van der Waals surface area contributed by atoms with E-state index in [0.29, 0.717) is 9.87 Å². The first-order chi connectivity index (χ1) is 10.2. The van der Waals surface area contributed by atoms with Crippen LogP contribution in [-0.2, 0) is 16.8 Å². The molecule has 0 unspecified atom stereocenters. The van der Waals surface area contributed by atoms with Gasteiger partial charge in [0.2, 0.25) is 0 Å². The summed E-state index contributed by atoms with van der Waals surface area (Å²) in [7, 11) is -4.71. The molecule has 0 aliphatic carbocycles. The van der Waals surface area contributed by atoms with Gasteiger partial charge in [0.15, 0.2) is 5.69 Å². The van der Waals surface area contributed by atoms with E-state index in [-0.39, 0.29) is 21.6 Å². The van der Waals surface area contributed by atoms with Crippen LogP contribution in [0.4, 0.5) is 5.00 Å². The number of thiazole rings is 1. The molecule has 0 radical (unpaired) electrons. The molecule has 118 valence electrons. The zero-order chi connectivity index (χ0) is 16.5. The molecule has 0 fully saturated rings. The smallest absolute Gasteiger partial charge is 0.360 e. The highest BCUT2D eigenvalue weighted by atomic mass is 35.5. The fraction of sp³-hybridized carbons (Fsp3) is 0.0909. The van der Waals surface area contributed by atoms with Gasteiger partial charge in [-0.25, -0.2) is 14.1 Å². The summed E-state index contributed by atoms with van der Waals surface area (Å²) in [4.78, 5) is 14.7. The Bertz CT molecular complexity index is 801. The van der Waals surface area contributed by atoms with Crippen LogP contribution >= 0.6 is 34.5 Å². The number of carbonyl (C=O) groups is 1. The second kappa shape index (κ2) is 6.39. The number of anilines is 1. The van der Waals surface area contributed by atoms with Crippen molar-refractivity contribution in [3.05, 3.63) is 45.0 Å². The molecule has 7 nitrogen and oxygen atoms in total. The fourth-order valence-corrected chi connectivity index (χ4v) is 3.97. The van der Waals surface area contributed by atoms with Gasteiger partial charge in [0.05, 0.1) is 12.1 Å². The molecule has 0 aliphatic rings. The van der Waals surface area contributed by atoms with Crippen molar-refractivity contribution in [3.8, 4) is 0 Å². The lowest BCUT2D eigenvalue weighted by Gasteiger charge is -2.19. The van der Waals surface area contributed by atoms with E-state index in [2.05, 4.69) is 4.98 Å². The molecule has 2 rings (SSSR count). The Hall–Kier alpha value is -1.39. The van der Waals surface area contributed by atoms with E-state index >= 15 is 0 Å². The minimum Gasteiger partial charge on any atom is -0.476 e. The number of hydrogen-bond donors (Lipinski definition) is 2. The zero-order valence-electron chi connectivity index (χ0n) is 10.6. The predicted molar refractivity (Wildman–Crippen MR) is 83.3 cm³/mol. The lowest BCUT2D eigenvalue weighted by molar-refractivity contribution is 0.0692. The number of nitrogens with zero attached hydrogens (tertiary/aromatic N) is 2. The summed E-state index contributed by atoms with van der Waals surface area (Å²) in [6.07, 6.45) is 0. The summed E-state index contributed by atoms with van der Waals surface area (Å²) in [6.45, 7) is -0.346. The van der Waals surface area contributed by atoms with Gasteiger partial charge in [-0.2, -0.15) is 8.42 Å². The van der Waals surface area contributed by atoms with Gasteiger partial charge < -0.3 is 5.11 Å². The highest BCUT2D eigenvalue weighted by Gasteiger charge is 2.27. The third-order valence-electron chi connectivity index (χ3n) is 2.50. The monoisotopic (exact) mass is 382 g/mol. The van der Waals surface area contributed by atoms with E-state index in [1.165, 1.54) is 23.7 Å². The Kier molecular flexibility index (Phi) is 4.93. The minimum atomic E-state index is -4.71. The van der Waals surface area contributed by atoms with E-state index in [0.717, 1.165) is 11.3 Å². The van der Waals surface area contributed by atoms with Crippen LogP contribution in [0.2, 0.25) is 10.0 Å². The molecule has 0 saturated carbocycles. The lowest BCUT2D eigenvalue weighted by Crippen LogP contribution is -2.30. The molecule has 0 aliphatic heterocycles. The summed E-state index contributed by atoms with van der Waals surface area (Å²) in [6, 6.07) is 4.36. The Balaban J connectivity index is 2.48. The molecule has 1 aromatic carbocycles. The Morgan fingerprint density at radius 1 is 1.27 bits per heavy atom. The predicted octanol–water partition coefficient (Wildman–Crippen LogP) is 2.96. The first kappa shape index (κ1) is 17.0. The lowest BCUT2D eigenvalue weighted by atomic mass is 10.2. The third kappa shape index (κ3) is 3.87. The number of benzene rings is 1. The standard InChI is InChI=1S/C11H8Cl2N2O5S2/c12-7-1-6(2-8(13)3-7)4-15(22(18,19)20)10-9(11(16)17)14-5-21-10/h1-3,5H,4H2,(H,16,17)(H,18,19,20). The molecule has 0 amide bonds. The summed E-state index contributed by atoms with van der Waals surface area (Å²) in [5.74, 6) is -1.41. The van der Waals surface area contributed by atoms with Gasteiger partial charge in [0, 0.05) is 10.0 Å². The molecule has 22 heavy (non-hydrogen) atoms. The van der Waals surface area contributed by atoms with E-state index in [9.17, 15) is 17.8 Å². The second-order valence-electron chi connectivity index (χ2n) is 4.07. The zero-order valence-corrected chi connectivity index (χ0v) is 13.7. The maximum Gasteiger partial charge on any atom is 0.360 e. The summed E-state index contributed by atoms with van der Waals surface area (Å²) in [5.41, 5.74) is 1.07. The normalized spacial score (nSPS) is 11.4. The van der Waals surface area contributed by atoms with Crippen molar-refractivity contribution in [1.29, 1.82) is 0 Å². The van der Waals surface area contributed by atoms with Gasteiger partial charge in [-0.15, -0.1) is 11.3 Å². The number of rotatable bonds is 5. The molecule has 0 bridgehead atoms. The average molecular weight is 383 g/mol. The first-order valence-electron chi connectivity index (χ1n) is 5.55. The topological polar surface area (TPSA) is 108 Å². The molecule has 11 heteroatoms. The quantitative estimate of drug-likeness (QED) is 0.769. The van der Waals surface area contributed by atoms with E-state index in [1.807, 2.05) is 0 Å². The maximum absolute atomic E-state index is 11.6. The molecule has 2 aromatic rings. The average Bonchev–Trinajstić information content (AvgIpc) is 2.82. The number of carboxylic acids is 1. The summed E-state index contributed by atoms with van der Waals surface area (Å²) < 4.78 is 33.1. The number of aromatic carboxylic acids is 1. The van der Waals surface area contributed by atoms with Crippen molar-refractivity contribution in [1.82, 2.24) is 4.98 Å². The van der Waals surface area contributed by atoms with Crippen molar-refractivity contribution in [2.24, 2.45) is 0 Å². The van der Waals surface area contributed by atoms with Crippen LogP contribution in [0.3, 0.4) is 0 Å². The van der Waals surface area contributed by atoms with E-state index in [4.69, 9.17) is 28.3 Å². The van der Waals surface area contributed by atoms with Gasteiger partial charge in [-0.05, 0) is 23.8 Å². The molecule has 0 atom stereocenters. The van der Waals surface area contributed by atoms with Crippen LogP contribution < -0.4 is 4.31 Å². The van der Waals surface area contributed by atoms with Crippen molar-refractivity contribution in [3.63, 3.8) is 0 Å². The second-order valence-corrected chi connectivity index (χ2v) is 7.12. The molecular formula is C11H8Cl2N2O5S2. The maximum atomic E-state index is 11.6. The Labute approximate surface area is 139 Å². The molecule has 2 N–H and O–H groups in total. The highest BCUT2D eigenvalue weighted by molar-refractivity contribution is 7.87. The fourth-order valence-electron chi connectivity index (χ4n) is 1.69. The van der Waals surface area contributed by atoms with Crippen LogP contribution in [0.25, 0.3) is 0 Å². The first-order valence-corrected chi connectivity index (χ1v) is 8.58. The van der Waals surface area contributed by atoms with Crippen molar-refractivity contribution >= 4 is 55.8 Å². The number of hydrogen-bond acceptors (Lipinski definition) is 5. The van der Waals surface area contributed by atoms with Crippen molar-refractivity contribution in [2.75, 3.05) is 4.31 Å². The van der Waals surface area contributed by atoms with Gasteiger partial charge in [0.25, 0.3) is 0 Å². The van der Waals surface area contributed by atoms with E-state index in [1.54, 1.807) is 0 Å². The van der Waals surface area contributed by atoms with Crippen LogP contribution in [0, 0.1) is 0 Å². The number of halogens is 2. The van der Waals surface area contributed by atoms with Crippen molar-refractivity contribution in [2.45, 2.75) is 6.54 Å². The molecule has 0 saturated heterocycles. The van der Waals surface area contributed by atoms with Gasteiger partial charge >= 0.3 is 16.3 Å². The van der Waals surface area contributed by atoms with Crippen LogP contribution in [0.1, 0.15) is 16.1 Å². The number of carboxylic acid groups (broad SMARTS) is 1. The third-order valence-corrected chi connectivity index (χ3v) is 4.77. The van der Waals surface area contributed by atoms with Crippen LogP contribution in [0.15, 0.2) is 23.7 Å². The Morgan fingerprint density at radius 2 is 1.86 bits per heavy atom. The molecule has 1 heterocycles. The van der Waals surface area contributed by atoms with Gasteiger partial charge in [-0.3, -0.25) is 4.55 Å². The number of aromatic nitrogens is 1. The largest absolute Gasteiger partial charge is 0.476 e. The summed E-state index contributed by atoms with van der Waals surface area (Å²) in [5, 5.41) is 9.36. The van der Waals surface area contributed by atoms with Crippen molar-refractivity contribution < 1.29 is 22.9 Å². The molecule has 1 aromatic heterocycles. The minimum absolute atomic E-state index is 0.217. The van der Waals surface area contributed by atoms with Gasteiger partial charge in [0.1, 0.15) is 5.00 Å². The van der Waals surface area contributed by atoms with Gasteiger partial charge in [-0.1, -0.05) is 23.2 Å². The SMILES string of the molecule is O=C(O)c1ncsc1N(Cc1cc(Cl)cc(Cl)c1)S(=O)(=O)O.